The minimum absolute atomic E-state index is 0.249. The molecule has 1 aromatic heterocycles. The van der Waals surface area contributed by atoms with Crippen molar-refractivity contribution in [3.8, 4) is 0 Å². The van der Waals surface area contributed by atoms with Crippen LogP contribution in [0.5, 0.6) is 0 Å². The van der Waals surface area contributed by atoms with Crippen molar-refractivity contribution in [3.63, 3.8) is 0 Å². The summed E-state index contributed by atoms with van der Waals surface area (Å²) in [7, 11) is 0. The molecule has 0 aliphatic carbocycles. The molecule has 0 spiro atoms. The number of benzene rings is 1. The van der Waals surface area contributed by atoms with Crippen LogP contribution in [0.4, 0.5) is 5.82 Å². The fraction of sp³-hybridized carbons (Fsp3) is 0.375. The van der Waals surface area contributed by atoms with E-state index in [0.29, 0.717) is 5.92 Å². The van der Waals surface area contributed by atoms with Crippen LogP contribution < -0.4 is 4.90 Å². The second-order valence-electron chi connectivity index (χ2n) is 5.90. The summed E-state index contributed by atoms with van der Waals surface area (Å²) in [6, 6.07) is 10.8. The highest BCUT2D eigenvalue weighted by Crippen LogP contribution is 2.43. The molecule has 1 aliphatic heterocycles. The van der Waals surface area contributed by atoms with Gasteiger partial charge in [0.25, 0.3) is 0 Å². The van der Waals surface area contributed by atoms with E-state index in [1.807, 2.05) is 6.20 Å². The van der Waals surface area contributed by atoms with Gasteiger partial charge in [0.05, 0.1) is 6.20 Å². The lowest BCUT2D eigenvalue weighted by molar-refractivity contribution is 0.365. The van der Waals surface area contributed by atoms with Gasteiger partial charge in [-0.3, -0.25) is 4.98 Å². The largest absolute Gasteiger partial charge is 0.354 e. The number of hydrogen-bond donors (Lipinski definition) is 0. The average molecular weight is 253 g/mol. The molecule has 3 nitrogen and oxygen atoms in total. The third kappa shape index (κ3) is 2.33. The highest BCUT2D eigenvalue weighted by molar-refractivity contribution is 5.41. The molecule has 3 heteroatoms. The van der Waals surface area contributed by atoms with Crippen LogP contribution in [0.2, 0.25) is 0 Å². The summed E-state index contributed by atoms with van der Waals surface area (Å²) in [6.45, 7) is 6.70. The molecule has 0 saturated carbocycles. The number of nitrogens with zero attached hydrogens (tertiary/aromatic N) is 3. The van der Waals surface area contributed by atoms with Gasteiger partial charge in [0.1, 0.15) is 5.82 Å². The van der Waals surface area contributed by atoms with Crippen molar-refractivity contribution in [2.45, 2.75) is 19.8 Å². The van der Waals surface area contributed by atoms with Gasteiger partial charge in [0.2, 0.25) is 0 Å². The normalized spacial score (nSPS) is 21.6. The van der Waals surface area contributed by atoms with Crippen molar-refractivity contribution in [2.75, 3.05) is 18.0 Å². The Bertz CT molecular complexity index is 536. The first kappa shape index (κ1) is 12.2. The van der Waals surface area contributed by atoms with Crippen LogP contribution in [0.15, 0.2) is 48.9 Å². The Labute approximate surface area is 114 Å². The average Bonchev–Trinajstić information content (AvgIpc) is 2.77. The summed E-state index contributed by atoms with van der Waals surface area (Å²) in [5.41, 5.74) is 1.66. The van der Waals surface area contributed by atoms with Crippen LogP contribution in [0.1, 0.15) is 25.3 Å². The number of hydrogen-bond acceptors (Lipinski definition) is 3. The third-order valence-electron chi connectivity index (χ3n) is 4.02. The maximum Gasteiger partial charge on any atom is 0.147 e. The summed E-state index contributed by atoms with van der Waals surface area (Å²) in [6.07, 6.45) is 5.33. The predicted octanol–water partition coefficient (Wildman–Crippen LogP) is 3.11. The van der Waals surface area contributed by atoms with E-state index in [1.54, 1.807) is 12.4 Å². The van der Waals surface area contributed by atoms with Gasteiger partial charge in [0, 0.05) is 31.4 Å². The van der Waals surface area contributed by atoms with Gasteiger partial charge in [-0.25, -0.2) is 4.98 Å². The minimum atomic E-state index is 0.249. The van der Waals surface area contributed by atoms with Crippen LogP contribution in [-0.4, -0.2) is 23.1 Å². The summed E-state index contributed by atoms with van der Waals surface area (Å²) in [5.74, 6) is 1.52. The standard InChI is InChI=1S/C16H19N3/c1-16(2)12-19(15-10-17-8-9-18-15)11-14(16)13-6-4-3-5-7-13/h3-10,14H,11-12H2,1-2H3/t14-/m1/s1. The number of rotatable bonds is 2. The van der Waals surface area contributed by atoms with E-state index in [9.17, 15) is 0 Å². The second kappa shape index (κ2) is 4.65. The first-order chi connectivity index (χ1) is 9.17. The quantitative estimate of drug-likeness (QED) is 0.823. The smallest absolute Gasteiger partial charge is 0.147 e. The number of aromatic nitrogens is 2. The van der Waals surface area contributed by atoms with Crippen LogP contribution >= 0.6 is 0 Å². The molecular weight excluding hydrogens is 234 g/mol. The maximum absolute atomic E-state index is 4.42. The van der Waals surface area contributed by atoms with Gasteiger partial charge < -0.3 is 4.90 Å². The zero-order valence-corrected chi connectivity index (χ0v) is 11.5. The molecule has 3 rings (SSSR count). The molecule has 0 bridgehead atoms. The topological polar surface area (TPSA) is 29.0 Å². The highest BCUT2D eigenvalue weighted by atomic mass is 15.2. The van der Waals surface area contributed by atoms with Gasteiger partial charge >= 0.3 is 0 Å². The van der Waals surface area contributed by atoms with E-state index in [-0.39, 0.29) is 5.41 Å². The van der Waals surface area contributed by atoms with Crippen molar-refractivity contribution in [2.24, 2.45) is 5.41 Å². The van der Waals surface area contributed by atoms with E-state index < -0.39 is 0 Å². The van der Waals surface area contributed by atoms with Crippen molar-refractivity contribution in [1.29, 1.82) is 0 Å². The Morgan fingerprint density at radius 3 is 2.63 bits per heavy atom. The zero-order valence-electron chi connectivity index (χ0n) is 11.5. The molecule has 0 radical (unpaired) electrons. The van der Waals surface area contributed by atoms with Gasteiger partial charge in [-0.15, -0.1) is 0 Å². The van der Waals surface area contributed by atoms with Crippen molar-refractivity contribution >= 4 is 5.82 Å². The Balaban J connectivity index is 1.88. The summed E-state index contributed by atoms with van der Waals surface area (Å²) < 4.78 is 0. The fourth-order valence-electron chi connectivity index (χ4n) is 3.01. The summed E-state index contributed by atoms with van der Waals surface area (Å²) in [5, 5.41) is 0. The minimum Gasteiger partial charge on any atom is -0.354 e. The van der Waals surface area contributed by atoms with E-state index in [2.05, 4.69) is 59.0 Å². The Morgan fingerprint density at radius 1 is 1.16 bits per heavy atom. The second-order valence-corrected chi connectivity index (χ2v) is 5.90. The molecule has 0 amide bonds. The van der Waals surface area contributed by atoms with E-state index in [0.717, 1.165) is 18.9 Å². The molecule has 1 saturated heterocycles. The van der Waals surface area contributed by atoms with E-state index in [4.69, 9.17) is 0 Å². The molecule has 2 aromatic rings. The van der Waals surface area contributed by atoms with Crippen molar-refractivity contribution < 1.29 is 0 Å². The SMILES string of the molecule is CC1(C)CN(c2cnccn2)C[C@@H]1c1ccccc1. The third-order valence-corrected chi connectivity index (χ3v) is 4.02. The van der Waals surface area contributed by atoms with Gasteiger partial charge in [-0.1, -0.05) is 44.2 Å². The lowest BCUT2D eigenvalue weighted by Crippen LogP contribution is -2.23. The molecule has 1 aromatic carbocycles. The van der Waals surface area contributed by atoms with Crippen LogP contribution in [0.25, 0.3) is 0 Å². The lowest BCUT2D eigenvalue weighted by Gasteiger charge is -2.25. The predicted molar refractivity (Wildman–Crippen MR) is 77.2 cm³/mol. The zero-order chi connectivity index (χ0) is 13.3. The first-order valence-electron chi connectivity index (χ1n) is 6.73. The molecule has 0 unspecified atom stereocenters. The summed E-state index contributed by atoms with van der Waals surface area (Å²) in [4.78, 5) is 10.9. The Kier molecular flexibility index (Phi) is 2.97. The molecule has 1 aliphatic rings. The molecule has 1 fully saturated rings. The van der Waals surface area contributed by atoms with Crippen molar-refractivity contribution in [1.82, 2.24) is 9.97 Å². The van der Waals surface area contributed by atoms with E-state index in [1.165, 1.54) is 5.56 Å². The van der Waals surface area contributed by atoms with Crippen LogP contribution in [0, 0.1) is 5.41 Å². The first-order valence-corrected chi connectivity index (χ1v) is 6.73. The molecule has 0 N–H and O–H groups in total. The Hall–Kier alpha value is -1.90. The highest BCUT2D eigenvalue weighted by Gasteiger charge is 2.40. The van der Waals surface area contributed by atoms with Gasteiger partial charge in [-0.2, -0.15) is 0 Å². The van der Waals surface area contributed by atoms with Crippen LogP contribution in [-0.2, 0) is 0 Å². The molecule has 19 heavy (non-hydrogen) atoms. The van der Waals surface area contributed by atoms with E-state index >= 15 is 0 Å². The van der Waals surface area contributed by atoms with Gasteiger partial charge in [0.15, 0.2) is 0 Å². The maximum atomic E-state index is 4.42. The summed E-state index contributed by atoms with van der Waals surface area (Å²) >= 11 is 0. The monoisotopic (exact) mass is 253 g/mol. The van der Waals surface area contributed by atoms with Gasteiger partial charge in [-0.05, 0) is 11.0 Å². The fourth-order valence-corrected chi connectivity index (χ4v) is 3.01. The molecule has 2 heterocycles. The van der Waals surface area contributed by atoms with Crippen LogP contribution in [0.3, 0.4) is 0 Å². The molecule has 1 atom stereocenters. The number of anilines is 1. The van der Waals surface area contributed by atoms with Crippen molar-refractivity contribution in [3.05, 3.63) is 54.5 Å². The lowest BCUT2D eigenvalue weighted by atomic mass is 9.78. The molecular formula is C16H19N3. The molecule has 98 valence electrons. The Morgan fingerprint density at radius 2 is 1.95 bits per heavy atom.